The summed E-state index contributed by atoms with van der Waals surface area (Å²) in [6.45, 7) is 0.374. The number of halogens is 1. The lowest BCUT2D eigenvalue weighted by Crippen LogP contribution is -2.31. The van der Waals surface area contributed by atoms with Crippen LogP contribution < -0.4 is 22.5 Å². The molecule has 1 aromatic carbocycles. The van der Waals surface area contributed by atoms with Crippen LogP contribution in [0.5, 0.6) is 0 Å². The number of nitrogens with two attached hydrogens (primary N) is 3. The second kappa shape index (κ2) is 5.27. The minimum Gasteiger partial charge on any atom is -0.391 e. The van der Waals surface area contributed by atoms with Gasteiger partial charge < -0.3 is 22.5 Å². The Kier molecular flexibility index (Phi) is 4.02. The molecule has 0 saturated heterocycles. The number of hydrogen-bond donors (Lipinski definition) is 4. The van der Waals surface area contributed by atoms with E-state index in [1.54, 1.807) is 6.07 Å². The second-order valence-electron chi connectivity index (χ2n) is 3.14. The number of carbonyl (C=O) groups excluding carboxylic acids is 1. The van der Waals surface area contributed by atoms with Crippen molar-refractivity contribution in [3.8, 4) is 0 Å². The number of carbonyl (C=O) groups is 1. The number of amides is 1. The highest BCUT2D eigenvalue weighted by Gasteiger charge is 2.05. The summed E-state index contributed by atoms with van der Waals surface area (Å²) >= 11 is 5.93. The van der Waals surface area contributed by atoms with E-state index < -0.39 is 5.91 Å². The molecule has 0 saturated carbocycles. The Balaban J connectivity index is 2.69. The SMILES string of the molecule is NC(=O)/C(N)=C(\N)NCc1ccccc1Cl. The molecule has 6 heteroatoms. The first kappa shape index (κ1) is 12.2. The van der Waals surface area contributed by atoms with Crippen LogP contribution in [0.1, 0.15) is 5.56 Å². The standard InChI is InChI=1S/C10H13ClN4O/c11-7-4-2-1-3-6(7)5-15-9(13)8(12)10(14)16/h1-4,15H,5,12-13H2,(H2,14,16)/b9-8-. The van der Waals surface area contributed by atoms with Gasteiger partial charge in [0.2, 0.25) is 0 Å². The van der Waals surface area contributed by atoms with Crippen LogP contribution in [0.2, 0.25) is 5.02 Å². The largest absolute Gasteiger partial charge is 0.391 e. The quantitative estimate of drug-likeness (QED) is 0.556. The highest BCUT2D eigenvalue weighted by Crippen LogP contribution is 2.14. The minimum atomic E-state index is -0.760. The number of primary amides is 1. The molecule has 0 aliphatic carbocycles. The highest BCUT2D eigenvalue weighted by molar-refractivity contribution is 6.31. The summed E-state index contributed by atoms with van der Waals surface area (Å²) in [7, 11) is 0. The number of rotatable bonds is 4. The van der Waals surface area contributed by atoms with Gasteiger partial charge in [-0.05, 0) is 11.6 Å². The molecule has 0 fully saturated rings. The molecule has 16 heavy (non-hydrogen) atoms. The first-order valence-corrected chi connectivity index (χ1v) is 4.92. The molecule has 0 unspecified atom stereocenters. The van der Waals surface area contributed by atoms with Gasteiger partial charge in [0.05, 0.1) is 0 Å². The van der Waals surface area contributed by atoms with Crippen molar-refractivity contribution in [2.45, 2.75) is 6.54 Å². The molecule has 86 valence electrons. The maximum Gasteiger partial charge on any atom is 0.268 e. The van der Waals surface area contributed by atoms with Gasteiger partial charge in [-0.1, -0.05) is 29.8 Å². The van der Waals surface area contributed by atoms with Gasteiger partial charge in [-0.3, -0.25) is 4.79 Å². The zero-order valence-corrected chi connectivity index (χ0v) is 9.29. The number of benzene rings is 1. The molecule has 0 spiro atoms. The van der Waals surface area contributed by atoms with Crippen LogP contribution in [0.3, 0.4) is 0 Å². The molecule has 5 nitrogen and oxygen atoms in total. The molecule has 1 aromatic rings. The van der Waals surface area contributed by atoms with Crippen LogP contribution in [0.15, 0.2) is 35.8 Å². The second-order valence-corrected chi connectivity index (χ2v) is 3.54. The number of hydrogen-bond acceptors (Lipinski definition) is 4. The molecular formula is C10H13ClN4O. The summed E-state index contributed by atoms with van der Waals surface area (Å²) in [6.07, 6.45) is 0. The van der Waals surface area contributed by atoms with Gasteiger partial charge in [0.25, 0.3) is 5.91 Å². The molecule has 0 radical (unpaired) electrons. The third-order valence-corrected chi connectivity index (χ3v) is 2.35. The molecule has 0 aromatic heterocycles. The van der Waals surface area contributed by atoms with Crippen LogP contribution in [-0.2, 0) is 11.3 Å². The van der Waals surface area contributed by atoms with Crippen molar-refractivity contribution in [3.05, 3.63) is 46.4 Å². The van der Waals surface area contributed by atoms with Crippen molar-refractivity contribution in [1.29, 1.82) is 0 Å². The molecule has 7 N–H and O–H groups in total. The normalized spacial score (nSPS) is 11.8. The Bertz CT molecular complexity index is 431. The Morgan fingerprint density at radius 2 is 1.88 bits per heavy atom. The van der Waals surface area contributed by atoms with Crippen molar-refractivity contribution in [1.82, 2.24) is 5.32 Å². The van der Waals surface area contributed by atoms with Crippen LogP contribution in [0.4, 0.5) is 0 Å². The van der Waals surface area contributed by atoms with E-state index in [2.05, 4.69) is 5.32 Å². The molecule has 0 atom stereocenters. The van der Waals surface area contributed by atoms with Gasteiger partial charge in [-0.2, -0.15) is 0 Å². The van der Waals surface area contributed by atoms with Crippen molar-refractivity contribution in [3.63, 3.8) is 0 Å². The van der Waals surface area contributed by atoms with Crippen molar-refractivity contribution < 1.29 is 4.79 Å². The van der Waals surface area contributed by atoms with E-state index in [0.717, 1.165) is 5.56 Å². The molecule has 0 aliphatic heterocycles. The summed E-state index contributed by atoms with van der Waals surface area (Å²) in [5.41, 5.74) is 16.5. The Hall–Kier alpha value is -1.88. The van der Waals surface area contributed by atoms with Gasteiger partial charge in [-0.15, -0.1) is 0 Å². The lowest BCUT2D eigenvalue weighted by molar-refractivity contribution is -0.114. The van der Waals surface area contributed by atoms with Crippen LogP contribution in [-0.4, -0.2) is 5.91 Å². The van der Waals surface area contributed by atoms with Gasteiger partial charge >= 0.3 is 0 Å². The van der Waals surface area contributed by atoms with E-state index in [0.29, 0.717) is 11.6 Å². The maximum absolute atomic E-state index is 10.7. The zero-order valence-electron chi connectivity index (χ0n) is 8.53. The van der Waals surface area contributed by atoms with Gasteiger partial charge in [0.1, 0.15) is 11.5 Å². The summed E-state index contributed by atoms with van der Waals surface area (Å²) in [5.74, 6) is -0.712. The third kappa shape index (κ3) is 3.06. The van der Waals surface area contributed by atoms with Crippen molar-refractivity contribution >= 4 is 17.5 Å². The predicted octanol–water partition coefficient (Wildman–Crippen LogP) is 0.00140. The lowest BCUT2D eigenvalue weighted by atomic mass is 10.2. The summed E-state index contributed by atoms with van der Waals surface area (Å²) in [4.78, 5) is 10.7. The molecule has 1 rings (SSSR count). The van der Waals surface area contributed by atoms with Gasteiger partial charge in [0.15, 0.2) is 0 Å². The molecule has 0 bridgehead atoms. The van der Waals surface area contributed by atoms with E-state index in [4.69, 9.17) is 28.8 Å². The van der Waals surface area contributed by atoms with Crippen LogP contribution >= 0.6 is 11.6 Å². The van der Waals surface area contributed by atoms with E-state index in [-0.39, 0.29) is 11.5 Å². The summed E-state index contributed by atoms with van der Waals surface area (Å²) in [5, 5.41) is 3.38. The highest BCUT2D eigenvalue weighted by atomic mass is 35.5. The zero-order chi connectivity index (χ0) is 12.1. The first-order chi connectivity index (χ1) is 7.52. The van der Waals surface area contributed by atoms with E-state index >= 15 is 0 Å². The molecule has 0 aliphatic rings. The molecule has 0 heterocycles. The predicted molar refractivity (Wildman–Crippen MR) is 62.9 cm³/mol. The van der Waals surface area contributed by atoms with E-state index in [1.165, 1.54) is 0 Å². The fourth-order valence-electron chi connectivity index (χ4n) is 1.06. The van der Waals surface area contributed by atoms with Crippen molar-refractivity contribution in [2.24, 2.45) is 17.2 Å². The molecular weight excluding hydrogens is 228 g/mol. The van der Waals surface area contributed by atoms with Crippen molar-refractivity contribution in [2.75, 3.05) is 0 Å². The summed E-state index contributed by atoms with van der Waals surface area (Å²) < 4.78 is 0. The third-order valence-electron chi connectivity index (χ3n) is 1.98. The topological polar surface area (TPSA) is 107 Å². The first-order valence-electron chi connectivity index (χ1n) is 4.54. The van der Waals surface area contributed by atoms with E-state index in [1.807, 2.05) is 18.2 Å². The fraction of sp³-hybridized carbons (Fsp3) is 0.100. The van der Waals surface area contributed by atoms with Crippen LogP contribution in [0.25, 0.3) is 0 Å². The average Bonchev–Trinajstić information content (AvgIpc) is 2.26. The average molecular weight is 241 g/mol. The Morgan fingerprint density at radius 3 is 2.44 bits per heavy atom. The monoisotopic (exact) mass is 240 g/mol. The van der Waals surface area contributed by atoms with Crippen LogP contribution in [0, 0.1) is 0 Å². The Morgan fingerprint density at radius 1 is 1.25 bits per heavy atom. The minimum absolute atomic E-state index is 0.0485. The summed E-state index contributed by atoms with van der Waals surface area (Å²) in [6, 6.07) is 7.27. The van der Waals surface area contributed by atoms with E-state index in [9.17, 15) is 4.79 Å². The Labute approximate surface area is 98.2 Å². The fourth-order valence-corrected chi connectivity index (χ4v) is 1.26. The number of nitrogens with one attached hydrogen (secondary N) is 1. The molecule has 1 amide bonds. The lowest BCUT2D eigenvalue weighted by Gasteiger charge is -2.09. The van der Waals surface area contributed by atoms with Gasteiger partial charge in [0, 0.05) is 11.6 Å². The maximum atomic E-state index is 10.7. The van der Waals surface area contributed by atoms with Gasteiger partial charge in [-0.25, -0.2) is 0 Å². The smallest absolute Gasteiger partial charge is 0.268 e.